The van der Waals surface area contributed by atoms with Gasteiger partial charge in [-0.25, -0.2) is 0 Å². The van der Waals surface area contributed by atoms with Crippen LogP contribution in [0.3, 0.4) is 0 Å². The van der Waals surface area contributed by atoms with Crippen molar-refractivity contribution in [2.75, 3.05) is 6.54 Å². The van der Waals surface area contributed by atoms with E-state index >= 15 is 0 Å². The lowest BCUT2D eigenvalue weighted by atomic mass is 9.91. The second kappa shape index (κ2) is 6.05. The zero-order valence-corrected chi connectivity index (χ0v) is 11.3. The smallest absolute Gasteiger partial charge is 0.0346 e. The van der Waals surface area contributed by atoms with Crippen molar-refractivity contribution in [2.24, 2.45) is 5.92 Å². The number of nitrogens with one attached hydrogen (secondary N) is 1. The Hall–Kier alpha value is -0.820. The van der Waals surface area contributed by atoms with E-state index in [-0.39, 0.29) is 0 Å². The zero-order valence-electron chi connectivity index (χ0n) is 11.3. The third kappa shape index (κ3) is 3.34. The third-order valence-corrected chi connectivity index (χ3v) is 3.05. The number of rotatable bonds is 5. The highest BCUT2D eigenvalue weighted by Crippen LogP contribution is 2.25. The summed E-state index contributed by atoms with van der Waals surface area (Å²) in [6.07, 6.45) is 1.19. The maximum atomic E-state index is 3.65. The predicted octanol–water partition coefficient (Wildman–Crippen LogP) is 4.00. The number of hydrogen-bond donors (Lipinski definition) is 1. The quantitative estimate of drug-likeness (QED) is 0.789. The first-order chi connectivity index (χ1) is 7.56. The van der Waals surface area contributed by atoms with Crippen molar-refractivity contribution in [1.82, 2.24) is 5.32 Å². The van der Waals surface area contributed by atoms with E-state index in [2.05, 4.69) is 58.1 Å². The molecule has 0 spiro atoms. The second-order valence-electron chi connectivity index (χ2n) is 5.04. The van der Waals surface area contributed by atoms with Crippen molar-refractivity contribution < 1.29 is 0 Å². The van der Waals surface area contributed by atoms with Gasteiger partial charge in [0, 0.05) is 6.04 Å². The fourth-order valence-electron chi connectivity index (χ4n) is 2.10. The van der Waals surface area contributed by atoms with Gasteiger partial charge in [0.2, 0.25) is 0 Å². The predicted molar refractivity (Wildman–Crippen MR) is 71.8 cm³/mol. The fourth-order valence-corrected chi connectivity index (χ4v) is 2.10. The van der Waals surface area contributed by atoms with Gasteiger partial charge in [0.15, 0.2) is 0 Å². The topological polar surface area (TPSA) is 12.0 Å². The lowest BCUT2D eigenvalue weighted by Crippen LogP contribution is -2.27. The van der Waals surface area contributed by atoms with Crippen LogP contribution in [0.4, 0.5) is 0 Å². The van der Waals surface area contributed by atoms with E-state index in [0.29, 0.717) is 12.0 Å². The van der Waals surface area contributed by atoms with Crippen LogP contribution in [0, 0.1) is 19.8 Å². The average molecular weight is 219 g/mol. The summed E-state index contributed by atoms with van der Waals surface area (Å²) in [6, 6.07) is 7.23. The van der Waals surface area contributed by atoms with Crippen LogP contribution < -0.4 is 5.32 Å². The minimum Gasteiger partial charge on any atom is -0.310 e. The normalized spacial score (nSPS) is 13.1. The molecule has 0 heterocycles. The van der Waals surface area contributed by atoms with Gasteiger partial charge in [-0.3, -0.25) is 0 Å². The van der Waals surface area contributed by atoms with E-state index in [4.69, 9.17) is 0 Å². The summed E-state index contributed by atoms with van der Waals surface area (Å²) in [5.41, 5.74) is 4.21. The van der Waals surface area contributed by atoms with Crippen molar-refractivity contribution in [2.45, 2.75) is 47.1 Å². The number of aryl methyl sites for hydroxylation is 2. The number of benzene rings is 1. The average Bonchev–Trinajstić information content (AvgIpc) is 2.23. The van der Waals surface area contributed by atoms with E-state index in [1.165, 1.54) is 23.1 Å². The van der Waals surface area contributed by atoms with Gasteiger partial charge in [-0.1, -0.05) is 44.5 Å². The molecule has 90 valence electrons. The molecule has 1 nitrogen and oxygen atoms in total. The Morgan fingerprint density at radius 1 is 1.19 bits per heavy atom. The van der Waals surface area contributed by atoms with Crippen LogP contribution in [0.2, 0.25) is 0 Å². The fraction of sp³-hybridized carbons (Fsp3) is 0.600. The lowest BCUT2D eigenvalue weighted by Gasteiger charge is -2.25. The monoisotopic (exact) mass is 219 g/mol. The van der Waals surface area contributed by atoms with Crippen molar-refractivity contribution in [3.63, 3.8) is 0 Å². The van der Waals surface area contributed by atoms with Gasteiger partial charge in [0.25, 0.3) is 0 Å². The molecule has 0 bridgehead atoms. The van der Waals surface area contributed by atoms with Crippen LogP contribution in [0.1, 0.15) is 49.9 Å². The SMILES string of the molecule is CCCNC(c1cc(C)ccc1C)C(C)C. The summed E-state index contributed by atoms with van der Waals surface area (Å²) in [6.45, 7) is 12.3. The van der Waals surface area contributed by atoms with E-state index in [0.717, 1.165) is 6.54 Å². The molecule has 1 atom stereocenters. The largest absolute Gasteiger partial charge is 0.310 e. The maximum absolute atomic E-state index is 3.65. The molecule has 0 fully saturated rings. The van der Waals surface area contributed by atoms with Crippen molar-refractivity contribution in [3.05, 3.63) is 34.9 Å². The van der Waals surface area contributed by atoms with Gasteiger partial charge in [0.05, 0.1) is 0 Å². The van der Waals surface area contributed by atoms with Crippen LogP contribution in [-0.2, 0) is 0 Å². The highest BCUT2D eigenvalue weighted by molar-refractivity contribution is 5.33. The van der Waals surface area contributed by atoms with Crippen LogP contribution in [0.5, 0.6) is 0 Å². The molecule has 1 N–H and O–H groups in total. The van der Waals surface area contributed by atoms with Crippen LogP contribution in [-0.4, -0.2) is 6.54 Å². The molecule has 0 aliphatic heterocycles. The maximum Gasteiger partial charge on any atom is 0.0346 e. The third-order valence-electron chi connectivity index (χ3n) is 3.05. The Morgan fingerprint density at radius 3 is 2.44 bits per heavy atom. The molecular formula is C15H25N. The standard InChI is InChI=1S/C15H25N/c1-6-9-16-15(11(2)3)14-10-12(4)7-8-13(14)5/h7-8,10-11,15-16H,6,9H2,1-5H3. The highest BCUT2D eigenvalue weighted by Gasteiger charge is 2.16. The Balaban J connectivity index is 2.95. The Labute approximate surface area is 100 Å². The van der Waals surface area contributed by atoms with Crippen molar-refractivity contribution in [1.29, 1.82) is 0 Å². The second-order valence-corrected chi connectivity index (χ2v) is 5.04. The van der Waals surface area contributed by atoms with E-state index in [1.807, 2.05) is 0 Å². The lowest BCUT2D eigenvalue weighted by molar-refractivity contribution is 0.411. The van der Waals surface area contributed by atoms with Crippen molar-refractivity contribution in [3.8, 4) is 0 Å². The molecule has 0 aliphatic rings. The van der Waals surface area contributed by atoms with Gasteiger partial charge < -0.3 is 5.32 Å². The highest BCUT2D eigenvalue weighted by atomic mass is 14.9. The van der Waals surface area contributed by atoms with E-state index in [1.54, 1.807) is 0 Å². The van der Waals surface area contributed by atoms with Crippen LogP contribution >= 0.6 is 0 Å². The Bertz CT molecular complexity index is 328. The van der Waals surface area contributed by atoms with Crippen LogP contribution in [0.25, 0.3) is 0 Å². The Morgan fingerprint density at radius 2 is 1.88 bits per heavy atom. The molecular weight excluding hydrogens is 194 g/mol. The van der Waals surface area contributed by atoms with Gasteiger partial charge >= 0.3 is 0 Å². The number of hydrogen-bond acceptors (Lipinski definition) is 1. The molecule has 0 radical (unpaired) electrons. The summed E-state index contributed by atoms with van der Waals surface area (Å²) in [5, 5.41) is 3.65. The minimum absolute atomic E-state index is 0.486. The molecule has 1 aromatic rings. The minimum atomic E-state index is 0.486. The molecule has 0 aliphatic carbocycles. The van der Waals surface area contributed by atoms with E-state index in [9.17, 15) is 0 Å². The van der Waals surface area contributed by atoms with Crippen molar-refractivity contribution >= 4 is 0 Å². The van der Waals surface area contributed by atoms with Gasteiger partial charge in [-0.2, -0.15) is 0 Å². The molecule has 0 amide bonds. The first-order valence-electron chi connectivity index (χ1n) is 6.36. The molecule has 1 unspecified atom stereocenters. The van der Waals surface area contributed by atoms with Gasteiger partial charge in [-0.15, -0.1) is 0 Å². The first-order valence-corrected chi connectivity index (χ1v) is 6.36. The van der Waals surface area contributed by atoms with Crippen LogP contribution in [0.15, 0.2) is 18.2 Å². The molecule has 0 aromatic heterocycles. The first kappa shape index (κ1) is 13.2. The molecule has 16 heavy (non-hydrogen) atoms. The summed E-state index contributed by atoms with van der Waals surface area (Å²) in [5.74, 6) is 0.632. The van der Waals surface area contributed by atoms with Gasteiger partial charge in [-0.05, 0) is 43.9 Å². The molecule has 0 saturated heterocycles. The van der Waals surface area contributed by atoms with Gasteiger partial charge in [0.1, 0.15) is 0 Å². The molecule has 1 aromatic carbocycles. The summed E-state index contributed by atoms with van der Waals surface area (Å²) in [7, 11) is 0. The summed E-state index contributed by atoms with van der Waals surface area (Å²) < 4.78 is 0. The summed E-state index contributed by atoms with van der Waals surface area (Å²) in [4.78, 5) is 0. The molecule has 1 rings (SSSR count). The molecule has 1 heteroatoms. The molecule has 0 saturated carbocycles. The summed E-state index contributed by atoms with van der Waals surface area (Å²) >= 11 is 0. The zero-order chi connectivity index (χ0) is 12.1. The van der Waals surface area contributed by atoms with E-state index < -0.39 is 0 Å². The Kier molecular flexibility index (Phi) is 5.01.